The molecule has 1 aliphatic carbocycles. The smallest absolute Gasteiger partial charge is 0.0766 e. The highest BCUT2D eigenvalue weighted by Gasteiger charge is 2.39. The minimum atomic E-state index is -0.165. The first-order chi connectivity index (χ1) is 9.76. The fourth-order valence-electron chi connectivity index (χ4n) is 3.84. The van der Waals surface area contributed by atoms with Gasteiger partial charge >= 0.3 is 0 Å². The molecule has 1 heterocycles. The number of hydrogen-bond donors (Lipinski definition) is 1. The summed E-state index contributed by atoms with van der Waals surface area (Å²) in [4.78, 5) is 0. The van der Waals surface area contributed by atoms with Crippen LogP contribution < -0.4 is 0 Å². The highest BCUT2D eigenvalue weighted by molar-refractivity contribution is 9.10. The standard InChI is InChI=1S/C17H29BrN2O/c1-6-13-16(18)14(20(5)19-13)10-17(3,4)12-8-7-11(2)9-15(12)21/h11-12,15,21H,6-10H2,1-5H3. The molecule has 0 aliphatic heterocycles. The molecule has 1 N–H and O–H groups in total. The Labute approximate surface area is 137 Å². The summed E-state index contributed by atoms with van der Waals surface area (Å²) in [7, 11) is 2.02. The molecule has 0 spiro atoms. The van der Waals surface area contributed by atoms with Crippen molar-refractivity contribution in [3.63, 3.8) is 0 Å². The summed E-state index contributed by atoms with van der Waals surface area (Å²) in [5.74, 6) is 1.03. The van der Waals surface area contributed by atoms with Gasteiger partial charge in [0.2, 0.25) is 0 Å². The van der Waals surface area contributed by atoms with Gasteiger partial charge in [-0.2, -0.15) is 5.10 Å². The lowest BCUT2D eigenvalue weighted by Gasteiger charge is -2.42. The van der Waals surface area contributed by atoms with Crippen LogP contribution in [0.2, 0.25) is 0 Å². The number of hydrogen-bond acceptors (Lipinski definition) is 2. The molecule has 1 aliphatic rings. The number of nitrogens with zero attached hydrogens (tertiary/aromatic N) is 2. The molecule has 3 unspecified atom stereocenters. The van der Waals surface area contributed by atoms with E-state index < -0.39 is 0 Å². The molecular formula is C17H29BrN2O. The molecule has 0 saturated heterocycles. The molecule has 4 heteroatoms. The fraction of sp³-hybridized carbons (Fsp3) is 0.824. The normalized spacial score (nSPS) is 27.1. The minimum absolute atomic E-state index is 0.0842. The third-order valence-corrected chi connectivity index (χ3v) is 6.12. The maximum atomic E-state index is 10.5. The second-order valence-electron chi connectivity index (χ2n) is 7.44. The summed E-state index contributed by atoms with van der Waals surface area (Å²) < 4.78 is 3.15. The first-order valence-corrected chi connectivity index (χ1v) is 8.93. The van der Waals surface area contributed by atoms with Crippen LogP contribution in [-0.4, -0.2) is 21.0 Å². The number of aryl methyl sites for hydroxylation is 2. The van der Waals surface area contributed by atoms with Gasteiger partial charge in [0.25, 0.3) is 0 Å². The quantitative estimate of drug-likeness (QED) is 0.881. The number of rotatable bonds is 4. The molecule has 3 nitrogen and oxygen atoms in total. The Morgan fingerprint density at radius 1 is 1.38 bits per heavy atom. The summed E-state index contributed by atoms with van der Waals surface area (Å²) in [5.41, 5.74) is 2.46. The van der Waals surface area contributed by atoms with Crippen molar-refractivity contribution in [1.82, 2.24) is 9.78 Å². The van der Waals surface area contributed by atoms with Crippen LogP contribution in [0.3, 0.4) is 0 Å². The molecular weight excluding hydrogens is 328 g/mol. The molecule has 3 atom stereocenters. The lowest BCUT2D eigenvalue weighted by molar-refractivity contribution is -0.0132. The van der Waals surface area contributed by atoms with Crippen LogP contribution in [0.25, 0.3) is 0 Å². The topological polar surface area (TPSA) is 38.0 Å². The monoisotopic (exact) mass is 356 g/mol. The molecule has 1 aromatic rings. The van der Waals surface area contributed by atoms with E-state index >= 15 is 0 Å². The Morgan fingerprint density at radius 2 is 2.05 bits per heavy atom. The second kappa shape index (κ2) is 6.41. The predicted molar refractivity (Wildman–Crippen MR) is 90.3 cm³/mol. The van der Waals surface area contributed by atoms with Crippen LogP contribution in [-0.2, 0) is 19.9 Å². The van der Waals surface area contributed by atoms with E-state index in [1.165, 1.54) is 12.1 Å². The van der Waals surface area contributed by atoms with E-state index in [1.54, 1.807) is 0 Å². The second-order valence-corrected chi connectivity index (χ2v) is 8.23. The van der Waals surface area contributed by atoms with Gasteiger partial charge in [-0.1, -0.05) is 34.1 Å². The molecule has 120 valence electrons. The zero-order chi connectivity index (χ0) is 15.8. The number of halogens is 1. The van der Waals surface area contributed by atoms with Gasteiger partial charge in [-0.05, 0) is 58.9 Å². The molecule has 0 amide bonds. The van der Waals surface area contributed by atoms with E-state index in [0.29, 0.717) is 11.8 Å². The van der Waals surface area contributed by atoms with Crippen LogP contribution in [0.4, 0.5) is 0 Å². The van der Waals surface area contributed by atoms with Gasteiger partial charge < -0.3 is 5.11 Å². The molecule has 1 aromatic heterocycles. The Hall–Kier alpha value is -0.350. The Kier molecular flexibility index (Phi) is 5.19. The molecule has 0 bridgehead atoms. The largest absolute Gasteiger partial charge is 0.393 e. The van der Waals surface area contributed by atoms with Gasteiger partial charge in [-0.3, -0.25) is 4.68 Å². The molecule has 2 rings (SSSR count). The van der Waals surface area contributed by atoms with Crippen molar-refractivity contribution < 1.29 is 5.11 Å². The predicted octanol–water partition coefficient (Wildman–Crippen LogP) is 4.11. The molecule has 0 aromatic carbocycles. The van der Waals surface area contributed by atoms with Gasteiger partial charge in [-0.15, -0.1) is 0 Å². The van der Waals surface area contributed by atoms with Crippen molar-refractivity contribution in [1.29, 1.82) is 0 Å². The summed E-state index contributed by atoms with van der Waals surface area (Å²) in [6, 6.07) is 0. The Bertz CT molecular complexity index is 495. The minimum Gasteiger partial charge on any atom is -0.393 e. The molecule has 1 saturated carbocycles. The first kappa shape index (κ1) is 17.0. The zero-order valence-corrected chi connectivity index (χ0v) is 15.6. The van der Waals surface area contributed by atoms with Crippen LogP contribution in [0, 0.1) is 17.3 Å². The Morgan fingerprint density at radius 3 is 2.57 bits per heavy atom. The van der Waals surface area contributed by atoms with Crippen molar-refractivity contribution >= 4 is 15.9 Å². The highest BCUT2D eigenvalue weighted by Crippen LogP contribution is 2.43. The van der Waals surface area contributed by atoms with E-state index in [4.69, 9.17) is 0 Å². The lowest BCUT2D eigenvalue weighted by atomic mass is 9.65. The van der Waals surface area contributed by atoms with Crippen molar-refractivity contribution in [2.45, 2.75) is 65.9 Å². The average molecular weight is 357 g/mol. The fourth-order valence-corrected chi connectivity index (χ4v) is 4.59. The van der Waals surface area contributed by atoms with E-state index in [9.17, 15) is 5.11 Å². The maximum Gasteiger partial charge on any atom is 0.0766 e. The molecule has 1 fully saturated rings. The van der Waals surface area contributed by atoms with Crippen LogP contribution in [0.15, 0.2) is 4.47 Å². The number of aromatic nitrogens is 2. The van der Waals surface area contributed by atoms with Crippen LogP contribution >= 0.6 is 15.9 Å². The molecule has 0 radical (unpaired) electrons. The van der Waals surface area contributed by atoms with E-state index in [-0.39, 0.29) is 11.5 Å². The average Bonchev–Trinajstić information content (AvgIpc) is 2.65. The Balaban J connectivity index is 2.19. The van der Waals surface area contributed by atoms with Crippen molar-refractivity contribution in [2.24, 2.45) is 24.3 Å². The van der Waals surface area contributed by atoms with Gasteiger partial charge in [0.05, 0.1) is 22.0 Å². The first-order valence-electron chi connectivity index (χ1n) is 8.14. The van der Waals surface area contributed by atoms with Crippen molar-refractivity contribution in [3.05, 3.63) is 15.9 Å². The summed E-state index contributed by atoms with van der Waals surface area (Å²) in [6.07, 6.45) is 5.04. The van der Waals surface area contributed by atoms with Crippen LogP contribution in [0.5, 0.6) is 0 Å². The zero-order valence-electron chi connectivity index (χ0n) is 14.0. The van der Waals surface area contributed by atoms with Gasteiger partial charge in [0.15, 0.2) is 0 Å². The van der Waals surface area contributed by atoms with Crippen molar-refractivity contribution in [3.8, 4) is 0 Å². The van der Waals surface area contributed by atoms with Gasteiger partial charge in [-0.25, -0.2) is 0 Å². The van der Waals surface area contributed by atoms with E-state index in [1.807, 2.05) is 11.7 Å². The molecule has 21 heavy (non-hydrogen) atoms. The number of aliphatic hydroxyl groups excluding tert-OH is 1. The third kappa shape index (κ3) is 3.53. The summed E-state index contributed by atoms with van der Waals surface area (Å²) in [6.45, 7) is 8.97. The lowest BCUT2D eigenvalue weighted by Crippen LogP contribution is -2.40. The van der Waals surface area contributed by atoms with E-state index in [0.717, 1.165) is 35.8 Å². The van der Waals surface area contributed by atoms with Gasteiger partial charge in [0, 0.05) is 7.05 Å². The van der Waals surface area contributed by atoms with Gasteiger partial charge in [0.1, 0.15) is 0 Å². The van der Waals surface area contributed by atoms with Crippen LogP contribution in [0.1, 0.15) is 58.3 Å². The van der Waals surface area contributed by atoms with E-state index in [2.05, 4.69) is 48.7 Å². The summed E-state index contributed by atoms with van der Waals surface area (Å²) in [5, 5.41) is 15.1. The number of aliphatic hydroxyl groups is 1. The highest BCUT2D eigenvalue weighted by atomic mass is 79.9. The maximum absolute atomic E-state index is 10.5. The summed E-state index contributed by atoms with van der Waals surface area (Å²) >= 11 is 3.72. The van der Waals surface area contributed by atoms with Crippen molar-refractivity contribution in [2.75, 3.05) is 0 Å². The third-order valence-electron chi connectivity index (χ3n) is 5.21. The SMILES string of the molecule is CCc1nn(C)c(CC(C)(C)C2CCC(C)CC2O)c1Br.